The molecule has 1 fully saturated rings. The molecule has 3 nitrogen and oxygen atoms in total. The fourth-order valence-electron chi connectivity index (χ4n) is 2.84. The molecule has 1 unspecified atom stereocenters. The molecule has 1 saturated heterocycles. The summed E-state index contributed by atoms with van der Waals surface area (Å²) >= 11 is 0. The topological polar surface area (TPSA) is 15.7 Å². The molecule has 0 N–H and O–H groups in total. The summed E-state index contributed by atoms with van der Waals surface area (Å²) in [6, 6.07) is 8.90. The summed E-state index contributed by atoms with van der Waals surface area (Å²) in [6.07, 6.45) is -0.117. The quantitative estimate of drug-likeness (QED) is 0.719. The zero-order chi connectivity index (χ0) is 15.2. The minimum atomic E-state index is -2.38. The Balaban J connectivity index is 1.93. The molecule has 1 aliphatic heterocycles. The summed E-state index contributed by atoms with van der Waals surface area (Å²) in [7, 11) is 4.06. The zero-order valence-electron chi connectivity index (χ0n) is 12.8. The van der Waals surface area contributed by atoms with Crippen molar-refractivity contribution in [1.29, 1.82) is 0 Å². The molecule has 0 bridgehead atoms. The van der Waals surface area contributed by atoms with Crippen molar-refractivity contribution >= 4 is 5.69 Å². The summed E-state index contributed by atoms with van der Waals surface area (Å²) < 4.78 is 29.1. The fraction of sp³-hybridized carbons (Fsp3) is 0.625. The number of hydrogen-bond donors (Lipinski definition) is 0. The Hall–Kier alpha value is -1.20. The van der Waals surface area contributed by atoms with Gasteiger partial charge in [-0.2, -0.15) is 0 Å². The third-order valence-electron chi connectivity index (χ3n) is 3.90. The number of halogens is 2. The first-order chi connectivity index (χ1) is 10.1. The molecule has 0 saturated carbocycles. The van der Waals surface area contributed by atoms with Crippen molar-refractivity contribution in [1.82, 2.24) is 4.90 Å². The van der Waals surface area contributed by atoms with E-state index in [9.17, 15) is 8.78 Å². The van der Waals surface area contributed by atoms with Gasteiger partial charge in [0.15, 0.2) is 0 Å². The first kappa shape index (κ1) is 16.2. The van der Waals surface area contributed by atoms with Gasteiger partial charge in [0.05, 0.1) is 6.61 Å². The highest BCUT2D eigenvalue weighted by Crippen LogP contribution is 2.33. The molecule has 1 aromatic carbocycles. The molecule has 0 amide bonds. The zero-order valence-corrected chi connectivity index (χ0v) is 12.8. The molecule has 21 heavy (non-hydrogen) atoms. The lowest BCUT2D eigenvalue weighted by atomic mass is 10.0. The van der Waals surface area contributed by atoms with Crippen LogP contribution in [0.1, 0.15) is 24.4 Å². The normalized spacial score (nSPS) is 19.4. The van der Waals surface area contributed by atoms with E-state index in [1.807, 2.05) is 14.1 Å². The van der Waals surface area contributed by atoms with Crippen LogP contribution in [0.4, 0.5) is 14.5 Å². The second kappa shape index (κ2) is 7.71. The predicted molar refractivity (Wildman–Crippen MR) is 81.1 cm³/mol. The van der Waals surface area contributed by atoms with Gasteiger partial charge in [0.2, 0.25) is 0 Å². The minimum absolute atomic E-state index is 0.369. The van der Waals surface area contributed by atoms with E-state index in [2.05, 4.69) is 34.1 Å². The van der Waals surface area contributed by atoms with E-state index >= 15 is 0 Å². The summed E-state index contributed by atoms with van der Waals surface area (Å²) in [4.78, 5) is 4.43. The van der Waals surface area contributed by atoms with E-state index in [1.165, 1.54) is 11.3 Å². The molecule has 1 atom stereocenters. The Morgan fingerprint density at radius 2 is 2.19 bits per heavy atom. The van der Waals surface area contributed by atoms with Crippen molar-refractivity contribution < 1.29 is 13.5 Å². The summed E-state index contributed by atoms with van der Waals surface area (Å²) in [6.45, 7) is 1.63. The number of ether oxygens (including phenoxy) is 1. The Kier molecular flexibility index (Phi) is 5.94. The minimum Gasteiger partial charge on any atom is -0.378 e. The molecule has 0 aromatic heterocycles. The van der Waals surface area contributed by atoms with E-state index < -0.39 is 13.0 Å². The third-order valence-corrected chi connectivity index (χ3v) is 3.90. The van der Waals surface area contributed by atoms with Gasteiger partial charge in [-0.3, -0.25) is 4.90 Å². The van der Waals surface area contributed by atoms with Crippen molar-refractivity contribution in [2.75, 3.05) is 45.3 Å². The molecule has 0 radical (unpaired) electrons. The molecule has 2 rings (SSSR count). The van der Waals surface area contributed by atoms with Crippen LogP contribution in [0.3, 0.4) is 0 Å². The number of anilines is 1. The lowest BCUT2D eigenvalue weighted by Gasteiger charge is -2.25. The van der Waals surface area contributed by atoms with Crippen molar-refractivity contribution in [3.63, 3.8) is 0 Å². The molecular formula is C16H24F2N2O. The molecule has 1 heterocycles. The van der Waals surface area contributed by atoms with Crippen molar-refractivity contribution in [3.8, 4) is 0 Å². The number of nitrogens with zero attached hydrogens (tertiary/aromatic N) is 2. The summed E-state index contributed by atoms with van der Waals surface area (Å²) in [5.74, 6) is 0. The number of benzene rings is 1. The lowest BCUT2D eigenvalue weighted by Crippen LogP contribution is -2.28. The Labute approximate surface area is 125 Å². The Bertz CT molecular complexity index is 440. The second-order valence-corrected chi connectivity index (χ2v) is 5.65. The van der Waals surface area contributed by atoms with E-state index in [-0.39, 0.29) is 0 Å². The molecule has 5 heteroatoms. The van der Waals surface area contributed by atoms with Gasteiger partial charge in [0.25, 0.3) is 6.43 Å². The predicted octanol–water partition coefficient (Wildman–Crippen LogP) is 3.17. The number of likely N-dealkylation sites (tertiary alicyclic amines) is 1. The van der Waals surface area contributed by atoms with Gasteiger partial charge in [0.1, 0.15) is 6.61 Å². The summed E-state index contributed by atoms with van der Waals surface area (Å²) in [5.41, 5.74) is 2.49. The van der Waals surface area contributed by atoms with Crippen molar-refractivity contribution in [2.45, 2.75) is 25.3 Å². The van der Waals surface area contributed by atoms with Crippen molar-refractivity contribution in [2.24, 2.45) is 0 Å². The third kappa shape index (κ3) is 4.64. The van der Waals surface area contributed by atoms with Crippen LogP contribution >= 0.6 is 0 Å². The lowest BCUT2D eigenvalue weighted by molar-refractivity contribution is 0.00868. The van der Waals surface area contributed by atoms with Gasteiger partial charge < -0.3 is 9.64 Å². The standard InChI is InChI=1S/C16H24F2N2O/c1-19(2)14-6-3-5-13(11-14)15-7-4-8-20(15)9-10-21-12-16(17)18/h3,5-6,11,15-16H,4,7-10,12H2,1-2H3. The van der Waals surface area contributed by atoms with E-state index in [0.717, 1.165) is 19.4 Å². The van der Waals surface area contributed by atoms with E-state index in [4.69, 9.17) is 4.74 Å². The van der Waals surface area contributed by atoms with Gasteiger partial charge >= 0.3 is 0 Å². The average molecular weight is 298 g/mol. The smallest absolute Gasteiger partial charge is 0.261 e. The van der Waals surface area contributed by atoms with Gasteiger partial charge in [-0.1, -0.05) is 12.1 Å². The SMILES string of the molecule is CN(C)c1cccc(C2CCCN2CCOCC(F)F)c1. The number of hydrogen-bond acceptors (Lipinski definition) is 3. The molecule has 0 spiro atoms. The fourth-order valence-corrected chi connectivity index (χ4v) is 2.84. The van der Waals surface area contributed by atoms with Crippen LogP contribution in [0, 0.1) is 0 Å². The van der Waals surface area contributed by atoms with E-state index in [1.54, 1.807) is 0 Å². The van der Waals surface area contributed by atoms with Gasteiger partial charge in [-0.15, -0.1) is 0 Å². The molecule has 1 aliphatic rings. The maximum atomic E-state index is 12.1. The number of rotatable bonds is 7. The maximum Gasteiger partial charge on any atom is 0.261 e. The van der Waals surface area contributed by atoms with Crippen LogP contribution in [0.15, 0.2) is 24.3 Å². The maximum absolute atomic E-state index is 12.1. The second-order valence-electron chi connectivity index (χ2n) is 5.65. The van der Waals surface area contributed by atoms with Crippen LogP contribution in [0.5, 0.6) is 0 Å². The van der Waals surface area contributed by atoms with Crippen LogP contribution in [-0.4, -0.2) is 51.7 Å². The first-order valence-corrected chi connectivity index (χ1v) is 7.45. The molecular weight excluding hydrogens is 274 g/mol. The monoisotopic (exact) mass is 298 g/mol. The Morgan fingerprint density at radius 3 is 2.90 bits per heavy atom. The Morgan fingerprint density at radius 1 is 1.38 bits per heavy atom. The van der Waals surface area contributed by atoms with Gasteiger partial charge in [-0.25, -0.2) is 8.78 Å². The van der Waals surface area contributed by atoms with E-state index in [0.29, 0.717) is 19.2 Å². The molecule has 1 aromatic rings. The molecule has 118 valence electrons. The molecule has 0 aliphatic carbocycles. The van der Waals surface area contributed by atoms with Crippen LogP contribution in [-0.2, 0) is 4.74 Å². The highest BCUT2D eigenvalue weighted by atomic mass is 19.3. The van der Waals surface area contributed by atoms with Crippen LogP contribution < -0.4 is 4.90 Å². The summed E-state index contributed by atoms with van der Waals surface area (Å²) in [5, 5.41) is 0. The number of alkyl halides is 2. The van der Waals surface area contributed by atoms with Crippen LogP contribution in [0.2, 0.25) is 0 Å². The van der Waals surface area contributed by atoms with Gasteiger partial charge in [0, 0.05) is 32.4 Å². The highest BCUT2D eigenvalue weighted by molar-refractivity contribution is 5.48. The first-order valence-electron chi connectivity index (χ1n) is 7.45. The largest absolute Gasteiger partial charge is 0.378 e. The van der Waals surface area contributed by atoms with Crippen molar-refractivity contribution in [3.05, 3.63) is 29.8 Å². The average Bonchev–Trinajstić information content (AvgIpc) is 2.92. The van der Waals surface area contributed by atoms with Crippen LogP contribution in [0.25, 0.3) is 0 Å². The van der Waals surface area contributed by atoms with Gasteiger partial charge in [-0.05, 0) is 37.1 Å². The highest BCUT2D eigenvalue weighted by Gasteiger charge is 2.25.